The van der Waals surface area contributed by atoms with Crippen LogP contribution >= 0.6 is 23.2 Å². The second kappa shape index (κ2) is 6.03. The number of sulfonamides is 1. The monoisotopic (exact) mass is 335 g/mol. The quantitative estimate of drug-likeness (QED) is 0.813. The van der Waals surface area contributed by atoms with E-state index in [-0.39, 0.29) is 34.1 Å². The van der Waals surface area contributed by atoms with Gasteiger partial charge in [0.1, 0.15) is 4.90 Å². The largest absolute Gasteiger partial charge is 0.392 e. The lowest BCUT2D eigenvalue weighted by atomic mass is 10.2. The van der Waals surface area contributed by atoms with Gasteiger partial charge < -0.3 is 5.11 Å². The van der Waals surface area contributed by atoms with Crippen LogP contribution < -0.4 is 0 Å². The van der Waals surface area contributed by atoms with Crippen LogP contribution in [0.2, 0.25) is 10.0 Å². The SMILES string of the molecule is C=CCN(C1CC1)S(=O)(=O)c1cc(CO)c(Cl)cc1Cl. The van der Waals surface area contributed by atoms with Gasteiger partial charge in [-0.05, 0) is 30.5 Å². The number of hydrogen-bond acceptors (Lipinski definition) is 3. The number of aliphatic hydroxyl groups is 1. The molecule has 2 rings (SSSR count). The maximum absolute atomic E-state index is 12.7. The number of hydrogen-bond donors (Lipinski definition) is 1. The van der Waals surface area contributed by atoms with Crippen molar-refractivity contribution in [2.45, 2.75) is 30.4 Å². The summed E-state index contributed by atoms with van der Waals surface area (Å²) in [7, 11) is -3.72. The molecule has 0 aromatic heterocycles. The van der Waals surface area contributed by atoms with Crippen LogP contribution in [0.3, 0.4) is 0 Å². The van der Waals surface area contributed by atoms with E-state index in [2.05, 4.69) is 6.58 Å². The van der Waals surface area contributed by atoms with Crippen LogP contribution in [0.1, 0.15) is 18.4 Å². The molecule has 110 valence electrons. The third kappa shape index (κ3) is 3.02. The lowest BCUT2D eigenvalue weighted by molar-refractivity contribution is 0.281. The third-order valence-electron chi connectivity index (χ3n) is 3.12. The average Bonchev–Trinajstić information content (AvgIpc) is 3.19. The van der Waals surface area contributed by atoms with Crippen molar-refractivity contribution >= 4 is 33.2 Å². The van der Waals surface area contributed by atoms with Gasteiger partial charge >= 0.3 is 0 Å². The first-order chi connectivity index (χ1) is 9.41. The van der Waals surface area contributed by atoms with Crippen molar-refractivity contribution in [3.05, 3.63) is 40.4 Å². The molecular formula is C13H15Cl2NO3S. The minimum Gasteiger partial charge on any atom is -0.392 e. The Labute approximate surface area is 128 Å². The van der Waals surface area contributed by atoms with Gasteiger partial charge in [-0.2, -0.15) is 4.31 Å². The molecule has 0 unspecified atom stereocenters. The van der Waals surface area contributed by atoms with Gasteiger partial charge in [0.2, 0.25) is 10.0 Å². The van der Waals surface area contributed by atoms with Crippen LogP contribution in [0.25, 0.3) is 0 Å². The molecule has 0 saturated heterocycles. The summed E-state index contributed by atoms with van der Waals surface area (Å²) in [6, 6.07) is 2.68. The fourth-order valence-corrected chi connectivity index (χ4v) is 4.44. The van der Waals surface area contributed by atoms with Crippen LogP contribution in [0.4, 0.5) is 0 Å². The lowest BCUT2D eigenvalue weighted by Crippen LogP contribution is -2.33. The Morgan fingerprint density at radius 3 is 2.50 bits per heavy atom. The van der Waals surface area contributed by atoms with Crippen molar-refractivity contribution < 1.29 is 13.5 Å². The van der Waals surface area contributed by atoms with E-state index in [0.717, 1.165) is 12.8 Å². The van der Waals surface area contributed by atoms with E-state index in [0.29, 0.717) is 5.56 Å². The first kappa shape index (κ1) is 15.8. The van der Waals surface area contributed by atoms with Crippen molar-refractivity contribution in [2.24, 2.45) is 0 Å². The first-order valence-corrected chi connectivity index (χ1v) is 8.33. The summed E-state index contributed by atoms with van der Waals surface area (Å²) in [6.45, 7) is 3.48. The number of rotatable bonds is 6. The molecule has 7 heteroatoms. The zero-order valence-corrected chi connectivity index (χ0v) is 13.0. The van der Waals surface area contributed by atoms with Crippen molar-refractivity contribution in [1.29, 1.82) is 0 Å². The van der Waals surface area contributed by atoms with E-state index in [1.165, 1.54) is 16.4 Å². The standard InChI is InChI=1S/C13H15Cl2NO3S/c1-2-5-16(10-3-4-10)20(18,19)13-6-9(8-17)11(14)7-12(13)15/h2,6-7,10,17H,1,3-5,8H2. The molecule has 0 spiro atoms. The summed E-state index contributed by atoms with van der Waals surface area (Å²) in [5.41, 5.74) is 0.337. The van der Waals surface area contributed by atoms with Crippen LogP contribution in [0.5, 0.6) is 0 Å². The third-order valence-corrected chi connectivity index (χ3v) is 5.86. The highest BCUT2D eigenvalue weighted by Crippen LogP contribution is 2.36. The summed E-state index contributed by atoms with van der Waals surface area (Å²) in [5, 5.41) is 9.52. The molecule has 1 saturated carbocycles. The molecule has 1 aliphatic rings. The predicted octanol–water partition coefficient (Wildman–Crippen LogP) is 2.82. The van der Waals surface area contributed by atoms with E-state index in [9.17, 15) is 13.5 Å². The van der Waals surface area contributed by atoms with Gasteiger partial charge in [-0.15, -0.1) is 6.58 Å². The van der Waals surface area contributed by atoms with Gasteiger partial charge in [-0.1, -0.05) is 29.3 Å². The minimum absolute atomic E-state index is 0.00215. The fraction of sp³-hybridized carbons (Fsp3) is 0.385. The normalized spacial score (nSPS) is 15.6. The molecule has 1 aromatic rings. The Balaban J connectivity index is 2.50. The van der Waals surface area contributed by atoms with E-state index in [1.807, 2.05) is 0 Å². The van der Waals surface area contributed by atoms with Gasteiger partial charge in [0.15, 0.2) is 0 Å². The number of halogens is 2. The molecule has 0 atom stereocenters. The van der Waals surface area contributed by atoms with Crippen LogP contribution in [-0.4, -0.2) is 30.4 Å². The van der Waals surface area contributed by atoms with Gasteiger partial charge in [0.05, 0.1) is 11.6 Å². The van der Waals surface area contributed by atoms with Crippen LogP contribution in [0.15, 0.2) is 29.7 Å². The molecule has 4 nitrogen and oxygen atoms in total. The van der Waals surface area contributed by atoms with E-state index in [4.69, 9.17) is 23.2 Å². The van der Waals surface area contributed by atoms with E-state index < -0.39 is 10.0 Å². The minimum atomic E-state index is -3.72. The Morgan fingerprint density at radius 2 is 2.00 bits per heavy atom. The summed E-state index contributed by atoms with van der Waals surface area (Å²) >= 11 is 11.9. The first-order valence-electron chi connectivity index (χ1n) is 6.13. The van der Waals surface area contributed by atoms with Crippen LogP contribution in [-0.2, 0) is 16.6 Å². The summed E-state index contributed by atoms with van der Waals surface area (Å²) in [5.74, 6) is 0. The lowest BCUT2D eigenvalue weighted by Gasteiger charge is -2.21. The molecular weight excluding hydrogens is 321 g/mol. The Hall–Kier alpha value is -0.590. The average molecular weight is 336 g/mol. The number of benzene rings is 1. The zero-order chi connectivity index (χ0) is 14.9. The van der Waals surface area contributed by atoms with E-state index in [1.54, 1.807) is 6.08 Å². The van der Waals surface area contributed by atoms with Crippen LogP contribution in [0, 0.1) is 0 Å². The zero-order valence-electron chi connectivity index (χ0n) is 10.7. The van der Waals surface area contributed by atoms with E-state index >= 15 is 0 Å². The molecule has 20 heavy (non-hydrogen) atoms. The van der Waals surface area contributed by atoms with Crippen molar-refractivity contribution in [3.8, 4) is 0 Å². The molecule has 1 aromatic carbocycles. The Bertz CT molecular complexity index is 627. The topological polar surface area (TPSA) is 57.6 Å². The number of nitrogens with zero attached hydrogens (tertiary/aromatic N) is 1. The second-order valence-electron chi connectivity index (χ2n) is 4.63. The molecule has 0 bridgehead atoms. The maximum Gasteiger partial charge on any atom is 0.245 e. The van der Waals surface area contributed by atoms with Crippen molar-refractivity contribution in [3.63, 3.8) is 0 Å². The Morgan fingerprint density at radius 1 is 1.35 bits per heavy atom. The maximum atomic E-state index is 12.7. The summed E-state index contributed by atoms with van der Waals surface area (Å²) in [6.07, 6.45) is 3.23. The fourth-order valence-electron chi connectivity index (χ4n) is 1.95. The number of aliphatic hydroxyl groups excluding tert-OH is 1. The van der Waals surface area contributed by atoms with Gasteiger partial charge in [0.25, 0.3) is 0 Å². The smallest absolute Gasteiger partial charge is 0.245 e. The molecule has 0 radical (unpaired) electrons. The molecule has 0 aliphatic heterocycles. The van der Waals surface area contributed by atoms with Crippen molar-refractivity contribution in [2.75, 3.05) is 6.54 Å². The van der Waals surface area contributed by atoms with Gasteiger partial charge in [-0.25, -0.2) is 8.42 Å². The van der Waals surface area contributed by atoms with Gasteiger partial charge in [-0.3, -0.25) is 0 Å². The molecule has 1 fully saturated rings. The van der Waals surface area contributed by atoms with Gasteiger partial charge in [0, 0.05) is 17.6 Å². The summed E-state index contributed by atoms with van der Waals surface area (Å²) < 4.78 is 26.7. The molecule has 1 aliphatic carbocycles. The molecule has 0 amide bonds. The highest BCUT2D eigenvalue weighted by Gasteiger charge is 2.38. The predicted molar refractivity (Wildman–Crippen MR) is 79.5 cm³/mol. The molecule has 1 N–H and O–H groups in total. The van der Waals surface area contributed by atoms with Crippen molar-refractivity contribution in [1.82, 2.24) is 4.31 Å². The second-order valence-corrected chi connectivity index (χ2v) is 7.30. The molecule has 0 heterocycles. The highest BCUT2D eigenvalue weighted by molar-refractivity contribution is 7.89. The highest BCUT2D eigenvalue weighted by atomic mass is 35.5. The Kier molecular flexibility index (Phi) is 4.76. The summed E-state index contributed by atoms with van der Waals surface area (Å²) in [4.78, 5) is -0.0265.